The number of hydrogen-bond donors (Lipinski definition) is 1. The number of carboxylic acids is 1. The van der Waals surface area contributed by atoms with Crippen molar-refractivity contribution in [2.75, 3.05) is 7.11 Å². The highest BCUT2D eigenvalue weighted by molar-refractivity contribution is 5.76. The van der Waals surface area contributed by atoms with Crippen molar-refractivity contribution in [3.05, 3.63) is 17.6 Å². The molecule has 5 nitrogen and oxygen atoms in total. The Kier molecular flexibility index (Phi) is 4.35. The van der Waals surface area contributed by atoms with Gasteiger partial charge in [-0.05, 0) is 25.7 Å². The Morgan fingerprint density at radius 2 is 2.05 bits per heavy atom. The van der Waals surface area contributed by atoms with Gasteiger partial charge in [0.15, 0.2) is 0 Å². The van der Waals surface area contributed by atoms with Crippen LogP contribution in [0.5, 0.6) is 5.88 Å². The summed E-state index contributed by atoms with van der Waals surface area (Å²) < 4.78 is 5.16. The molecule has 0 radical (unpaired) electrons. The molecule has 1 aromatic heterocycles. The fourth-order valence-corrected chi connectivity index (χ4v) is 2.98. The first-order valence-electron chi connectivity index (χ1n) is 6.73. The van der Waals surface area contributed by atoms with Gasteiger partial charge >= 0.3 is 5.97 Å². The highest BCUT2D eigenvalue weighted by atomic mass is 16.5. The molecular weight excluding hydrogens is 244 g/mol. The summed E-state index contributed by atoms with van der Waals surface area (Å²) in [6.45, 7) is 1.83. The maximum Gasteiger partial charge on any atom is 0.312 e. The van der Waals surface area contributed by atoms with Crippen molar-refractivity contribution in [2.45, 2.75) is 44.9 Å². The third-order valence-electron chi connectivity index (χ3n) is 3.95. The van der Waals surface area contributed by atoms with E-state index in [2.05, 4.69) is 9.97 Å². The van der Waals surface area contributed by atoms with Crippen LogP contribution in [0.15, 0.2) is 6.33 Å². The first-order chi connectivity index (χ1) is 9.15. The van der Waals surface area contributed by atoms with E-state index in [9.17, 15) is 9.90 Å². The van der Waals surface area contributed by atoms with Crippen LogP contribution in [0.3, 0.4) is 0 Å². The molecule has 1 heterocycles. The van der Waals surface area contributed by atoms with Gasteiger partial charge in [-0.1, -0.05) is 19.3 Å². The van der Waals surface area contributed by atoms with Crippen LogP contribution in [0.1, 0.15) is 49.3 Å². The van der Waals surface area contributed by atoms with Gasteiger partial charge in [0.25, 0.3) is 0 Å². The summed E-state index contributed by atoms with van der Waals surface area (Å²) in [4.78, 5) is 19.9. The molecule has 0 amide bonds. The molecule has 1 aliphatic rings. The van der Waals surface area contributed by atoms with Crippen LogP contribution in [0.25, 0.3) is 0 Å². The molecule has 0 saturated heterocycles. The fourth-order valence-electron chi connectivity index (χ4n) is 2.98. The van der Waals surface area contributed by atoms with Gasteiger partial charge in [-0.2, -0.15) is 0 Å². The molecule has 1 unspecified atom stereocenters. The predicted octanol–water partition coefficient (Wildman–Crippen LogP) is 2.54. The Bertz CT molecular complexity index is 456. The molecule has 1 fully saturated rings. The number of rotatable bonds is 4. The van der Waals surface area contributed by atoms with Gasteiger partial charge in [-0.15, -0.1) is 0 Å². The zero-order valence-corrected chi connectivity index (χ0v) is 11.4. The van der Waals surface area contributed by atoms with Crippen LogP contribution in [0, 0.1) is 12.8 Å². The van der Waals surface area contributed by atoms with E-state index >= 15 is 0 Å². The second-order valence-electron chi connectivity index (χ2n) is 5.11. The molecule has 0 bridgehead atoms. The van der Waals surface area contributed by atoms with Crippen molar-refractivity contribution in [3.8, 4) is 5.88 Å². The number of aromatic nitrogens is 2. The maximum absolute atomic E-state index is 11.6. The van der Waals surface area contributed by atoms with Crippen LogP contribution in [0.4, 0.5) is 0 Å². The van der Waals surface area contributed by atoms with Gasteiger partial charge in [0, 0.05) is 5.56 Å². The van der Waals surface area contributed by atoms with Crippen molar-refractivity contribution in [3.63, 3.8) is 0 Å². The van der Waals surface area contributed by atoms with Crippen LogP contribution in [-0.2, 0) is 4.79 Å². The first kappa shape index (κ1) is 13.8. The molecule has 1 atom stereocenters. The van der Waals surface area contributed by atoms with Gasteiger partial charge in [0.1, 0.15) is 12.2 Å². The smallest absolute Gasteiger partial charge is 0.312 e. The zero-order valence-electron chi connectivity index (χ0n) is 11.4. The molecule has 1 aromatic rings. The van der Waals surface area contributed by atoms with E-state index in [1.807, 2.05) is 6.92 Å². The predicted molar refractivity (Wildman–Crippen MR) is 70.3 cm³/mol. The highest BCUT2D eigenvalue weighted by Gasteiger charge is 2.33. The minimum absolute atomic E-state index is 0.171. The summed E-state index contributed by atoms with van der Waals surface area (Å²) in [5.41, 5.74) is 1.34. The molecule has 5 heteroatoms. The first-order valence-corrected chi connectivity index (χ1v) is 6.73. The number of aliphatic carboxylic acids is 1. The molecular formula is C14H20N2O3. The second-order valence-corrected chi connectivity index (χ2v) is 5.11. The number of ether oxygens (including phenoxy) is 1. The lowest BCUT2D eigenvalue weighted by Gasteiger charge is -2.28. The Hall–Kier alpha value is -1.65. The average Bonchev–Trinajstić information content (AvgIpc) is 2.42. The van der Waals surface area contributed by atoms with Crippen LogP contribution in [-0.4, -0.2) is 28.2 Å². The lowest BCUT2D eigenvalue weighted by Crippen LogP contribution is -2.25. The monoisotopic (exact) mass is 264 g/mol. The molecule has 2 rings (SSSR count). The number of carbonyl (C=O) groups is 1. The number of carboxylic acid groups (broad SMARTS) is 1. The summed E-state index contributed by atoms with van der Waals surface area (Å²) >= 11 is 0. The molecule has 0 spiro atoms. The standard InChI is InChI=1S/C14H20N2O3/c1-9-12(15-8-16-13(9)19-2)11(14(17)18)10-6-4-3-5-7-10/h8,10-11H,3-7H2,1-2H3,(H,17,18). The summed E-state index contributed by atoms with van der Waals surface area (Å²) in [7, 11) is 1.54. The highest BCUT2D eigenvalue weighted by Crippen LogP contribution is 2.37. The van der Waals surface area contributed by atoms with Crippen molar-refractivity contribution >= 4 is 5.97 Å². The maximum atomic E-state index is 11.6. The molecule has 1 N–H and O–H groups in total. The van der Waals surface area contributed by atoms with E-state index in [-0.39, 0.29) is 5.92 Å². The molecule has 19 heavy (non-hydrogen) atoms. The summed E-state index contributed by atoms with van der Waals surface area (Å²) in [5.74, 6) is -0.704. The van der Waals surface area contributed by atoms with E-state index in [0.29, 0.717) is 11.6 Å². The van der Waals surface area contributed by atoms with Crippen molar-refractivity contribution in [1.82, 2.24) is 9.97 Å². The molecule has 0 aliphatic heterocycles. The lowest BCUT2D eigenvalue weighted by atomic mass is 9.77. The van der Waals surface area contributed by atoms with Gasteiger partial charge in [-0.3, -0.25) is 4.79 Å². The molecule has 104 valence electrons. The van der Waals surface area contributed by atoms with Gasteiger partial charge in [-0.25, -0.2) is 9.97 Å². The normalized spacial score (nSPS) is 18.0. The lowest BCUT2D eigenvalue weighted by molar-refractivity contribution is -0.140. The van der Waals surface area contributed by atoms with Crippen LogP contribution < -0.4 is 4.74 Å². The Morgan fingerprint density at radius 3 is 2.63 bits per heavy atom. The molecule has 1 aliphatic carbocycles. The Morgan fingerprint density at radius 1 is 1.37 bits per heavy atom. The zero-order chi connectivity index (χ0) is 13.8. The topological polar surface area (TPSA) is 72.3 Å². The van der Waals surface area contributed by atoms with E-state index in [4.69, 9.17) is 4.74 Å². The summed E-state index contributed by atoms with van der Waals surface area (Å²) in [6.07, 6.45) is 6.73. The second kappa shape index (κ2) is 5.99. The number of methoxy groups -OCH3 is 1. The quantitative estimate of drug-likeness (QED) is 0.904. The minimum Gasteiger partial charge on any atom is -0.481 e. The van der Waals surface area contributed by atoms with Crippen LogP contribution >= 0.6 is 0 Å². The molecule has 1 saturated carbocycles. The van der Waals surface area contributed by atoms with Gasteiger partial charge < -0.3 is 9.84 Å². The minimum atomic E-state index is -0.796. The van der Waals surface area contributed by atoms with E-state index in [1.54, 1.807) is 0 Å². The summed E-state index contributed by atoms with van der Waals surface area (Å²) in [5, 5.41) is 9.57. The van der Waals surface area contributed by atoms with E-state index in [0.717, 1.165) is 31.2 Å². The van der Waals surface area contributed by atoms with Crippen LogP contribution in [0.2, 0.25) is 0 Å². The SMILES string of the molecule is COc1ncnc(C(C(=O)O)C2CCCCC2)c1C. The van der Waals surface area contributed by atoms with E-state index in [1.165, 1.54) is 19.9 Å². The van der Waals surface area contributed by atoms with Gasteiger partial charge in [0.2, 0.25) is 5.88 Å². The fraction of sp³-hybridized carbons (Fsp3) is 0.643. The average molecular weight is 264 g/mol. The van der Waals surface area contributed by atoms with Crippen molar-refractivity contribution in [1.29, 1.82) is 0 Å². The third-order valence-corrected chi connectivity index (χ3v) is 3.95. The van der Waals surface area contributed by atoms with Crippen molar-refractivity contribution in [2.24, 2.45) is 5.92 Å². The van der Waals surface area contributed by atoms with Gasteiger partial charge in [0.05, 0.1) is 12.8 Å². The Balaban J connectivity index is 2.36. The molecule has 0 aromatic carbocycles. The Labute approximate surface area is 113 Å². The number of hydrogen-bond acceptors (Lipinski definition) is 4. The van der Waals surface area contributed by atoms with Crippen molar-refractivity contribution < 1.29 is 14.6 Å². The third kappa shape index (κ3) is 2.85. The largest absolute Gasteiger partial charge is 0.481 e. The van der Waals surface area contributed by atoms with E-state index < -0.39 is 11.9 Å². The number of nitrogens with zero attached hydrogens (tertiary/aromatic N) is 2. The summed E-state index contributed by atoms with van der Waals surface area (Å²) in [6, 6.07) is 0.